The molecule has 0 N–H and O–H groups in total. The van der Waals surface area contributed by atoms with Gasteiger partial charge >= 0.3 is 35.7 Å². The van der Waals surface area contributed by atoms with E-state index >= 15 is 0 Å². The van der Waals surface area contributed by atoms with Crippen molar-refractivity contribution >= 4 is 6.29 Å². The van der Waals surface area contributed by atoms with Crippen LogP contribution in [0.5, 0.6) is 0 Å². The normalized spacial score (nSPS) is 9.88. The van der Waals surface area contributed by atoms with Crippen LogP contribution in [-0.2, 0) is 4.79 Å². The Bertz CT molecular complexity index is 73.9. The van der Waals surface area contributed by atoms with Crippen LogP contribution in [-0.4, -0.2) is 12.5 Å². The molecule has 0 saturated heterocycles. The van der Waals surface area contributed by atoms with E-state index in [2.05, 4.69) is 0 Å². The fourth-order valence-corrected chi connectivity index (χ4v) is 0.0945. The Hall–Kier alpha value is 0.460. The Balaban J connectivity index is -0.000000180. The van der Waals surface area contributed by atoms with Crippen LogP contribution in [0.4, 0.5) is 13.2 Å². The van der Waals surface area contributed by atoms with E-state index in [1.54, 1.807) is 0 Å². The zero-order valence-corrected chi connectivity index (χ0v) is 6.33. The molecule has 0 bridgehead atoms. The predicted octanol–water partition coefficient (Wildman–Crippen LogP) is -1.75. The molecule has 0 radical (unpaired) electrons. The van der Waals surface area contributed by atoms with E-state index in [1.807, 2.05) is 0 Å². The van der Waals surface area contributed by atoms with Gasteiger partial charge in [0.05, 0.1) is 6.42 Å². The molecule has 0 aromatic heterocycles. The van der Waals surface area contributed by atoms with Gasteiger partial charge in [-0.3, -0.25) is 0 Å². The number of hydrogen-bond acceptors (Lipinski definition) is 1. The van der Waals surface area contributed by atoms with Crippen molar-refractivity contribution < 1.29 is 48.9 Å². The first-order valence-electron chi connectivity index (χ1n) is 1.56. The molecule has 0 spiro atoms. The molecule has 0 fully saturated rings. The minimum Gasteiger partial charge on any atom is -1.00 e. The average molecular weight is 136 g/mol. The minimum absolute atomic E-state index is 0. The summed E-state index contributed by atoms with van der Waals surface area (Å²) < 4.78 is 32.5. The van der Waals surface area contributed by atoms with Gasteiger partial charge in [-0.25, -0.2) is 0 Å². The van der Waals surface area contributed by atoms with Crippen molar-refractivity contribution in [2.45, 2.75) is 12.6 Å². The maximum atomic E-state index is 10.8. The number of carbonyl (C=O) groups excluding carboxylic acids is 1. The Morgan fingerprint density at radius 3 is 1.88 bits per heavy atom. The molecule has 0 saturated carbocycles. The molecular weight excluding hydrogens is 132 g/mol. The van der Waals surface area contributed by atoms with E-state index in [9.17, 15) is 13.2 Å². The van der Waals surface area contributed by atoms with Gasteiger partial charge in [0.1, 0.15) is 6.29 Å². The third-order valence-electron chi connectivity index (χ3n) is 0.315. The SMILES string of the molecule is O=CCC(F)(F)F.[H-].[Na+]. The van der Waals surface area contributed by atoms with Crippen LogP contribution in [0.3, 0.4) is 0 Å². The van der Waals surface area contributed by atoms with Crippen LogP contribution in [0, 0.1) is 0 Å². The third kappa shape index (κ3) is 9.68. The molecule has 5 heteroatoms. The van der Waals surface area contributed by atoms with Crippen molar-refractivity contribution in [1.82, 2.24) is 0 Å². The Morgan fingerprint density at radius 2 is 1.88 bits per heavy atom. The zero-order chi connectivity index (χ0) is 5.91. The maximum absolute atomic E-state index is 10.8. The molecule has 44 valence electrons. The fraction of sp³-hybridized carbons (Fsp3) is 0.667. The predicted molar refractivity (Wildman–Crippen MR) is 17.8 cm³/mol. The first-order valence-corrected chi connectivity index (χ1v) is 1.56. The largest absolute Gasteiger partial charge is 1.00 e. The Morgan fingerprint density at radius 1 is 1.50 bits per heavy atom. The monoisotopic (exact) mass is 136 g/mol. The van der Waals surface area contributed by atoms with Crippen LogP contribution in [0.25, 0.3) is 0 Å². The molecule has 0 atom stereocenters. The van der Waals surface area contributed by atoms with Crippen molar-refractivity contribution in [2.75, 3.05) is 0 Å². The van der Waals surface area contributed by atoms with Gasteiger partial charge < -0.3 is 6.22 Å². The number of carbonyl (C=O) groups is 1. The topological polar surface area (TPSA) is 17.1 Å². The Kier molecular flexibility index (Phi) is 6.13. The van der Waals surface area contributed by atoms with Crippen LogP contribution >= 0.6 is 0 Å². The standard InChI is InChI=1S/C3H3F3O.Na.H/c4-3(5,6)1-2-7;;/h2H,1H2;;/q;+1;-1. The number of alkyl halides is 3. The molecule has 0 aromatic carbocycles. The second-order valence-corrected chi connectivity index (χ2v) is 0.986. The molecule has 0 aliphatic rings. The summed E-state index contributed by atoms with van der Waals surface area (Å²) in [6, 6.07) is 0. The number of halogens is 3. The summed E-state index contributed by atoms with van der Waals surface area (Å²) in [6.45, 7) is 0. The molecule has 0 aliphatic carbocycles. The van der Waals surface area contributed by atoms with Gasteiger partial charge in [0.25, 0.3) is 0 Å². The van der Waals surface area contributed by atoms with Gasteiger partial charge in [0.15, 0.2) is 0 Å². The van der Waals surface area contributed by atoms with Gasteiger partial charge in [-0.2, -0.15) is 13.2 Å². The van der Waals surface area contributed by atoms with Crippen molar-refractivity contribution in [1.29, 1.82) is 0 Å². The van der Waals surface area contributed by atoms with Crippen molar-refractivity contribution in [3.8, 4) is 0 Å². The van der Waals surface area contributed by atoms with Crippen molar-refractivity contribution in [3.05, 3.63) is 0 Å². The van der Waals surface area contributed by atoms with Gasteiger partial charge in [-0.15, -0.1) is 0 Å². The van der Waals surface area contributed by atoms with E-state index in [-0.39, 0.29) is 37.3 Å². The molecule has 0 heterocycles. The maximum Gasteiger partial charge on any atom is 1.00 e. The number of rotatable bonds is 1. The van der Waals surface area contributed by atoms with Crippen molar-refractivity contribution in [3.63, 3.8) is 0 Å². The summed E-state index contributed by atoms with van der Waals surface area (Å²) in [4.78, 5) is 9.10. The summed E-state index contributed by atoms with van der Waals surface area (Å²) in [6.07, 6.45) is -5.82. The molecular formula is C3H4F3NaO. The van der Waals surface area contributed by atoms with E-state index in [0.29, 0.717) is 0 Å². The summed E-state index contributed by atoms with van der Waals surface area (Å²) in [7, 11) is 0. The van der Waals surface area contributed by atoms with Gasteiger partial charge in [0, 0.05) is 0 Å². The van der Waals surface area contributed by atoms with E-state index in [4.69, 9.17) is 4.79 Å². The molecule has 0 aliphatic heterocycles. The zero-order valence-electron chi connectivity index (χ0n) is 5.33. The van der Waals surface area contributed by atoms with Crippen LogP contribution in [0.2, 0.25) is 0 Å². The van der Waals surface area contributed by atoms with Gasteiger partial charge in [-0.05, 0) is 0 Å². The Labute approximate surface area is 68.0 Å². The second kappa shape index (κ2) is 4.35. The van der Waals surface area contributed by atoms with Gasteiger partial charge in [-0.1, -0.05) is 0 Å². The summed E-state index contributed by atoms with van der Waals surface area (Å²) in [5.41, 5.74) is 0. The number of aldehydes is 1. The first-order chi connectivity index (χ1) is 3.06. The second-order valence-electron chi connectivity index (χ2n) is 0.986. The molecule has 8 heavy (non-hydrogen) atoms. The van der Waals surface area contributed by atoms with E-state index in [1.165, 1.54) is 0 Å². The number of hydrogen-bond donors (Lipinski definition) is 0. The quantitative estimate of drug-likeness (QED) is 0.309. The van der Waals surface area contributed by atoms with Crippen LogP contribution < -0.4 is 29.6 Å². The van der Waals surface area contributed by atoms with Crippen LogP contribution in [0.1, 0.15) is 7.85 Å². The molecule has 0 amide bonds. The third-order valence-corrected chi connectivity index (χ3v) is 0.315. The average Bonchev–Trinajstić information content (AvgIpc) is 1.30. The molecule has 1 nitrogen and oxygen atoms in total. The molecule has 0 rings (SSSR count). The van der Waals surface area contributed by atoms with Crippen LogP contribution in [0.15, 0.2) is 0 Å². The minimum atomic E-state index is -4.32. The van der Waals surface area contributed by atoms with E-state index in [0.717, 1.165) is 0 Å². The molecule has 0 aromatic rings. The fourth-order valence-electron chi connectivity index (χ4n) is 0.0945. The van der Waals surface area contributed by atoms with Crippen molar-refractivity contribution in [2.24, 2.45) is 0 Å². The molecule has 0 unspecified atom stereocenters. The summed E-state index contributed by atoms with van der Waals surface area (Å²) >= 11 is 0. The van der Waals surface area contributed by atoms with Gasteiger partial charge in [0.2, 0.25) is 0 Å². The smallest absolute Gasteiger partial charge is 1.00 e. The van der Waals surface area contributed by atoms with E-state index < -0.39 is 12.6 Å². The first kappa shape index (κ1) is 11.3. The summed E-state index contributed by atoms with van der Waals surface area (Å²) in [5.74, 6) is 0. The summed E-state index contributed by atoms with van der Waals surface area (Å²) in [5, 5.41) is 0.